The lowest BCUT2D eigenvalue weighted by atomic mass is 10.0. The van der Waals surface area contributed by atoms with Gasteiger partial charge in [0.2, 0.25) is 6.79 Å². The first-order valence-electron chi connectivity index (χ1n) is 12.9. The molecule has 0 bridgehead atoms. The molecular weight excluding hydrogens is 512 g/mol. The standard InChI is InChI=1S/C31H32N2O7/c1-18-27(34)21(13-26-30(18)40-17-39-26)11-23-15-32-24(31(35)33(23)16-20-9-7-6-8-10-20)12-22-14-25(36-3)29(38-5)19(2)28(22)37-4/h6-10,13-15,34H,11-12,16-17H2,1-5H3. The van der Waals surface area contributed by atoms with Crippen LogP contribution in [0.2, 0.25) is 0 Å². The first kappa shape index (κ1) is 26.9. The smallest absolute Gasteiger partial charge is 0.273 e. The fourth-order valence-electron chi connectivity index (χ4n) is 5.18. The number of nitrogens with zero attached hydrogens (tertiary/aromatic N) is 2. The fourth-order valence-corrected chi connectivity index (χ4v) is 5.18. The highest BCUT2D eigenvalue weighted by atomic mass is 16.7. The number of hydrogen-bond donors (Lipinski definition) is 1. The lowest BCUT2D eigenvalue weighted by Gasteiger charge is -2.19. The number of phenols is 1. The van der Waals surface area contributed by atoms with E-state index >= 15 is 0 Å². The molecule has 1 aromatic heterocycles. The van der Waals surface area contributed by atoms with E-state index in [1.807, 2.05) is 43.3 Å². The van der Waals surface area contributed by atoms with Gasteiger partial charge < -0.3 is 33.4 Å². The molecule has 0 amide bonds. The van der Waals surface area contributed by atoms with E-state index < -0.39 is 0 Å². The third-order valence-electron chi connectivity index (χ3n) is 7.20. The van der Waals surface area contributed by atoms with Crippen LogP contribution in [0.25, 0.3) is 0 Å². The number of phenolic OH excluding ortho intramolecular Hbond substituents is 1. The Hall–Kier alpha value is -4.66. The lowest BCUT2D eigenvalue weighted by Crippen LogP contribution is -2.29. The second-order valence-corrected chi connectivity index (χ2v) is 9.60. The Morgan fingerprint density at radius 2 is 1.68 bits per heavy atom. The van der Waals surface area contributed by atoms with Crippen LogP contribution in [-0.2, 0) is 19.4 Å². The minimum atomic E-state index is -0.229. The fraction of sp³-hybridized carbons (Fsp3) is 0.290. The summed E-state index contributed by atoms with van der Waals surface area (Å²) >= 11 is 0. The van der Waals surface area contributed by atoms with Gasteiger partial charge in [-0.3, -0.25) is 9.78 Å². The largest absolute Gasteiger partial charge is 0.507 e. The Kier molecular flexibility index (Phi) is 7.55. The van der Waals surface area contributed by atoms with Crippen LogP contribution in [0.4, 0.5) is 0 Å². The van der Waals surface area contributed by atoms with Gasteiger partial charge in [-0.15, -0.1) is 0 Å². The van der Waals surface area contributed by atoms with E-state index in [9.17, 15) is 9.90 Å². The SMILES string of the molecule is COc1cc(Cc2ncc(Cc3cc4c(c(C)c3O)OCO4)n(Cc3ccccc3)c2=O)c(OC)c(C)c1OC. The monoisotopic (exact) mass is 544 g/mol. The van der Waals surface area contributed by atoms with E-state index in [1.165, 1.54) is 0 Å². The van der Waals surface area contributed by atoms with Crippen molar-refractivity contribution >= 4 is 0 Å². The Bertz CT molecular complexity index is 1610. The van der Waals surface area contributed by atoms with E-state index in [-0.39, 0.29) is 30.9 Å². The zero-order chi connectivity index (χ0) is 28.4. The van der Waals surface area contributed by atoms with Crippen LogP contribution >= 0.6 is 0 Å². The van der Waals surface area contributed by atoms with Crippen LogP contribution in [0.1, 0.15) is 39.2 Å². The van der Waals surface area contributed by atoms with Gasteiger partial charge in [-0.05, 0) is 31.5 Å². The average Bonchev–Trinajstić information content (AvgIpc) is 3.44. The Morgan fingerprint density at radius 1 is 0.925 bits per heavy atom. The molecule has 0 fully saturated rings. The van der Waals surface area contributed by atoms with Gasteiger partial charge in [0.1, 0.15) is 17.2 Å². The number of ether oxygens (including phenoxy) is 5. The third-order valence-corrected chi connectivity index (χ3v) is 7.20. The molecule has 40 heavy (non-hydrogen) atoms. The van der Waals surface area contributed by atoms with Crippen LogP contribution in [0.5, 0.6) is 34.5 Å². The topological polar surface area (TPSA) is 101 Å². The molecule has 4 aromatic rings. The predicted molar refractivity (Wildman–Crippen MR) is 149 cm³/mol. The Labute approximate surface area is 232 Å². The molecular formula is C31H32N2O7. The molecule has 0 atom stereocenters. The normalized spacial score (nSPS) is 11.9. The summed E-state index contributed by atoms with van der Waals surface area (Å²) < 4.78 is 29.5. The highest BCUT2D eigenvalue weighted by molar-refractivity contribution is 5.59. The number of fused-ring (bicyclic) bond motifs is 1. The van der Waals surface area contributed by atoms with E-state index in [0.717, 1.165) is 16.7 Å². The van der Waals surface area contributed by atoms with Gasteiger partial charge in [-0.2, -0.15) is 0 Å². The van der Waals surface area contributed by atoms with Gasteiger partial charge in [-0.25, -0.2) is 0 Å². The molecule has 3 aromatic carbocycles. The predicted octanol–water partition coefficient (Wildman–Crippen LogP) is 4.55. The highest BCUT2D eigenvalue weighted by Gasteiger charge is 2.24. The van der Waals surface area contributed by atoms with Crippen molar-refractivity contribution < 1.29 is 28.8 Å². The first-order valence-corrected chi connectivity index (χ1v) is 12.9. The summed E-state index contributed by atoms with van der Waals surface area (Å²) in [6.45, 7) is 4.11. The molecule has 0 radical (unpaired) electrons. The van der Waals surface area contributed by atoms with E-state index in [0.29, 0.717) is 57.8 Å². The number of benzene rings is 3. The maximum Gasteiger partial charge on any atom is 0.273 e. The summed E-state index contributed by atoms with van der Waals surface area (Å²) in [5.41, 5.74) is 4.50. The van der Waals surface area contributed by atoms with Crippen molar-refractivity contribution in [1.29, 1.82) is 0 Å². The van der Waals surface area contributed by atoms with Gasteiger partial charge in [0.25, 0.3) is 5.56 Å². The lowest BCUT2D eigenvalue weighted by molar-refractivity contribution is 0.173. The molecule has 208 valence electrons. The number of aromatic nitrogens is 2. The maximum atomic E-state index is 14.0. The number of aromatic hydroxyl groups is 1. The first-order chi connectivity index (χ1) is 19.4. The Morgan fingerprint density at radius 3 is 2.38 bits per heavy atom. The minimum absolute atomic E-state index is 0.104. The van der Waals surface area contributed by atoms with Crippen LogP contribution in [0.15, 0.2) is 53.5 Å². The highest BCUT2D eigenvalue weighted by Crippen LogP contribution is 2.43. The van der Waals surface area contributed by atoms with Crippen molar-refractivity contribution in [3.05, 3.63) is 98.2 Å². The molecule has 5 rings (SSSR count). The zero-order valence-electron chi connectivity index (χ0n) is 23.2. The quantitative estimate of drug-likeness (QED) is 0.328. The molecule has 1 N–H and O–H groups in total. The van der Waals surface area contributed by atoms with Gasteiger partial charge >= 0.3 is 0 Å². The minimum Gasteiger partial charge on any atom is -0.507 e. The molecule has 1 aliphatic rings. The number of methoxy groups -OCH3 is 3. The Balaban J connectivity index is 1.59. The average molecular weight is 545 g/mol. The number of hydrogen-bond acceptors (Lipinski definition) is 8. The molecule has 0 unspecified atom stereocenters. The summed E-state index contributed by atoms with van der Waals surface area (Å²) in [7, 11) is 4.73. The van der Waals surface area contributed by atoms with E-state index in [1.54, 1.807) is 45.1 Å². The van der Waals surface area contributed by atoms with Crippen molar-refractivity contribution in [2.75, 3.05) is 28.1 Å². The summed E-state index contributed by atoms with van der Waals surface area (Å²) in [5.74, 6) is 2.95. The van der Waals surface area contributed by atoms with E-state index in [4.69, 9.17) is 23.7 Å². The summed E-state index contributed by atoms with van der Waals surface area (Å²) in [6, 6.07) is 13.3. The van der Waals surface area contributed by atoms with Crippen molar-refractivity contribution in [1.82, 2.24) is 9.55 Å². The van der Waals surface area contributed by atoms with Gasteiger partial charge in [0.05, 0.1) is 27.9 Å². The molecule has 0 aliphatic carbocycles. The summed E-state index contributed by atoms with van der Waals surface area (Å²) in [4.78, 5) is 18.6. The van der Waals surface area contributed by atoms with Crippen molar-refractivity contribution in [2.45, 2.75) is 33.2 Å². The van der Waals surface area contributed by atoms with Gasteiger partial charge in [-0.1, -0.05) is 30.3 Å². The molecule has 1 aliphatic heterocycles. The molecule has 9 nitrogen and oxygen atoms in total. The van der Waals surface area contributed by atoms with Crippen molar-refractivity contribution in [3.63, 3.8) is 0 Å². The molecule has 9 heteroatoms. The van der Waals surface area contributed by atoms with E-state index in [2.05, 4.69) is 4.98 Å². The summed E-state index contributed by atoms with van der Waals surface area (Å²) in [6.07, 6.45) is 2.20. The molecule has 0 saturated carbocycles. The second-order valence-electron chi connectivity index (χ2n) is 9.60. The van der Waals surface area contributed by atoms with Crippen molar-refractivity contribution in [3.8, 4) is 34.5 Å². The second kappa shape index (κ2) is 11.2. The molecule has 2 heterocycles. The van der Waals surface area contributed by atoms with Crippen LogP contribution in [-0.4, -0.2) is 42.8 Å². The molecule has 0 spiro atoms. The van der Waals surface area contributed by atoms with Gasteiger partial charge in [0, 0.05) is 47.0 Å². The maximum absolute atomic E-state index is 14.0. The van der Waals surface area contributed by atoms with Crippen LogP contribution < -0.4 is 29.2 Å². The van der Waals surface area contributed by atoms with Crippen molar-refractivity contribution in [2.24, 2.45) is 0 Å². The number of rotatable bonds is 9. The molecule has 0 saturated heterocycles. The third kappa shape index (κ3) is 4.90. The van der Waals surface area contributed by atoms with Crippen LogP contribution in [0.3, 0.4) is 0 Å². The summed E-state index contributed by atoms with van der Waals surface area (Å²) in [5, 5.41) is 10.9. The zero-order valence-corrected chi connectivity index (χ0v) is 23.2. The van der Waals surface area contributed by atoms with Crippen LogP contribution in [0, 0.1) is 13.8 Å². The van der Waals surface area contributed by atoms with Gasteiger partial charge in [0.15, 0.2) is 23.0 Å².